The third-order valence-electron chi connectivity index (χ3n) is 13.1. The molecule has 3 heterocycles. The van der Waals surface area contributed by atoms with Gasteiger partial charge in [0.2, 0.25) is 5.79 Å². The molecule has 2 aromatic heterocycles. The van der Waals surface area contributed by atoms with Gasteiger partial charge in [-0.1, -0.05) is 188 Å². The fourth-order valence-corrected chi connectivity index (χ4v) is 9.67. The lowest BCUT2D eigenvalue weighted by molar-refractivity contribution is -0.169. The van der Waals surface area contributed by atoms with Crippen molar-refractivity contribution in [2.75, 3.05) is 0 Å². The lowest BCUT2D eigenvalue weighted by Crippen LogP contribution is -2.26. The molecule has 2 atom stereocenters. The summed E-state index contributed by atoms with van der Waals surface area (Å²) in [4.78, 5) is 45.7. The lowest BCUT2D eigenvalue weighted by Gasteiger charge is -2.19. The van der Waals surface area contributed by atoms with Crippen LogP contribution in [0.15, 0.2) is 199 Å². The van der Waals surface area contributed by atoms with Gasteiger partial charge in [0.05, 0.1) is 50.5 Å². The van der Waals surface area contributed by atoms with Gasteiger partial charge in [-0.15, -0.1) is 5.10 Å². The Bertz CT molecular complexity index is 4200. The minimum Gasteiger partial charge on any atom is -0.481 e. The molecule has 10 aromatic rings. The molecule has 470 valence electrons. The number of hydrogen-bond acceptors (Lipinski definition) is 9. The van der Waals surface area contributed by atoms with Crippen molar-refractivity contribution in [3.63, 3.8) is 0 Å². The summed E-state index contributed by atoms with van der Waals surface area (Å²) in [5, 5.41) is 32.6. The van der Waals surface area contributed by atoms with E-state index in [9.17, 15) is 59.4 Å². The number of carboxylic acid groups (broad SMARTS) is 1. The number of hydrogen-bond donors (Lipinski definition) is 3. The Labute approximate surface area is 532 Å². The molecule has 1 aliphatic heterocycles. The molecule has 91 heavy (non-hydrogen) atoms. The number of ether oxygens (including phenoxy) is 1. The quantitative estimate of drug-likeness (QED) is 0.0518. The third-order valence-corrected chi connectivity index (χ3v) is 13.8. The van der Waals surface area contributed by atoms with Crippen molar-refractivity contribution >= 4 is 56.4 Å². The lowest BCUT2D eigenvalue weighted by atomic mass is 9.91. The summed E-state index contributed by atoms with van der Waals surface area (Å²) in [6.07, 6.45) is -0.626. The van der Waals surface area contributed by atoms with Crippen molar-refractivity contribution in [2.45, 2.75) is 59.6 Å². The highest BCUT2D eigenvalue weighted by atomic mass is 79.9. The average Bonchev–Trinajstić information content (AvgIpc) is 1.71. The molecular weight excluding hydrogens is 1280 g/mol. The van der Waals surface area contributed by atoms with Crippen LogP contribution in [0.2, 0.25) is 5.15 Å². The number of nitrogens with zero attached hydrogens (tertiary/aromatic N) is 3. The number of benzene rings is 8. The van der Waals surface area contributed by atoms with Crippen LogP contribution in [0.4, 0.5) is 35.1 Å². The first kappa shape index (κ1) is 72.0. The van der Waals surface area contributed by atoms with Gasteiger partial charge in [-0.3, -0.25) is 14.4 Å². The van der Waals surface area contributed by atoms with E-state index in [4.69, 9.17) is 21.4 Å². The molecule has 2 unspecified atom stereocenters. The van der Waals surface area contributed by atoms with E-state index in [0.29, 0.717) is 33.6 Å². The molecule has 8 aromatic carbocycles. The third kappa shape index (κ3) is 17.6. The van der Waals surface area contributed by atoms with Crippen molar-refractivity contribution in [3.05, 3.63) is 290 Å². The number of cyclic esters (lactones) is 1. The molecular formula is C70H58BrClF8N4O7. The topological polar surface area (TPSA) is 172 Å². The summed E-state index contributed by atoms with van der Waals surface area (Å²) in [6, 6.07) is 49.6. The molecule has 11 rings (SSSR count). The molecule has 0 saturated heterocycles. The van der Waals surface area contributed by atoms with Gasteiger partial charge in [0.25, 0.3) is 5.56 Å². The zero-order chi connectivity index (χ0) is 64.7. The van der Waals surface area contributed by atoms with Gasteiger partial charge in [0.1, 0.15) is 46.5 Å². The van der Waals surface area contributed by atoms with Crippen LogP contribution in [-0.2, 0) is 20.7 Å². The fourth-order valence-electron chi connectivity index (χ4n) is 9.18. The number of aliphatic hydroxyl groups is 1. The Hall–Kier alpha value is -9.76. The number of esters is 1. The number of aromatic nitrogens is 4. The largest absolute Gasteiger partial charge is 0.481 e. The number of halogens is 10. The number of rotatable bonds is 10. The van der Waals surface area contributed by atoms with E-state index in [1.807, 2.05) is 73.7 Å². The maximum absolute atomic E-state index is 14.2. The minimum absolute atomic E-state index is 0. The predicted octanol–water partition coefficient (Wildman–Crippen LogP) is 17.4. The van der Waals surface area contributed by atoms with Gasteiger partial charge in [0, 0.05) is 40.3 Å². The molecule has 0 fully saturated rings. The molecule has 0 aliphatic carbocycles. The highest BCUT2D eigenvalue weighted by Crippen LogP contribution is 2.44. The maximum atomic E-state index is 14.2. The van der Waals surface area contributed by atoms with E-state index >= 15 is 0 Å². The van der Waals surface area contributed by atoms with Crippen molar-refractivity contribution < 1.29 is 64.5 Å². The van der Waals surface area contributed by atoms with Gasteiger partial charge >= 0.3 is 11.9 Å². The van der Waals surface area contributed by atoms with Crippen molar-refractivity contribution in [1.82, 2.24) is 20.4 Å². The average molecular weight is 1330 g/mol. The normalized spacial score (nSPS) is 13.1. The van der Waals surface area contributed by atoms with E-state index in [1.54, 1.807) is 68.4 Å². The van der Waals surface area contributed by atoms with Crippen LogP contribution in [0.25, 0.3) is 55.7 Å². The second-order valence-corrected chi connectivity index (χ2v) is 21.1. The zero-order valence-electron chi connectivity index (χ0n) is 47.3. The van der Waals surface area contributed by atoms with Crippen LogP contribution in [0.1, 0.15) is 67.1 Å². The maximum Gasteiger partial charge on any atom is 0.342 e. The Morgan fingerprint density at radius 1 is 0.527 bits per heavy atom. The van der Waals surface area contributed by atoms with Crippen LogP contribution >= 0.6 is 27.5 Å². The van der Waals surface area contributed by atoms with Crippen LogP contribution in [0.3, 0.4) is 0 Å². The number of nitrogens with one attached hydrogen (secondary N) is 1. The van der Waals surface area contributed by atoms with Crippen LogP contribution in [-0.4, -0.2) is 58.9 Å². The Morgan fingerprint density at radius 3 is 1.32 bits per heavy atom. The molecule has 0 amide bonds. The molecule has 0 spiro atoms. The number of carbonyl (C=O) groups is 3. The van der Waals surface area contributed by atoms with Crippen LogP contribution < -0.4 is 5.56 Å². The molecule has 0 radical (unpaired) electrons. The van der Waals surface area contributed by atoms with Crippen molar-refractivity contribution in [2.24, 2.45) is 0 Å². The highest BCUT2D eigenvalue weighted by Gasteiger charge is 2.45. The molecule has 3 N–H and O–H groups in total. The zero-order valence-corrected chi connectivity index (χ0v) is 49.7. The standard InChI is InChI=1S/C17H11ClF2N2.C17H12F2N2O.C17H12F2O3.C9H9BrO.C8H6F2O2.2CH4/c1-10-14(11-6-3-2-4-7-11)16(17(18)22-21-10)15-12(19)8-5-9-13(15)20;1-10-14(11-6-3-2-4-7-11)16(17(22)21-20-10)15-12(18)8-5-9-13(15)19;1-17(21)15(10-6-3-2-4-7-10)14(16(20)22-17)13-11(18)8-5-9-12(13)19;1-7(10)9(11)8-5-3-2-4-6-8;9-6-2-1-3-7(10)5(6)4-8(11)12;;/h2-9H,1H3;2-9H,1H3,(H,21,22);2-9,21H,1H3;2-7H,1H3;1-3H,4H2,(H,11,12);2*1H4. The molecule has 21 heteroatoms. The number of Topliss-reactive ketones (excluding diaryl/α,β-unsaturated/α-hetero) is 1. The van der Waals surface area contributed by atoms with E-state index in [2.05, 4.69) is 36.3 Å². The van der Waals surface area contributed by atoms with Gasteiger partial charge in [-0.25, -0.2) is 45.0 Å². The minimum atomic E-state index is -1.96. The number of aliphatic carboxylic acids is 1. The van der Waals surface area contributed by atoms with E-state index < -0.39 is 87.4 Å². The first-order valence-electron chi connectivity index (χ1n) is 26.6. The molecule has 1 aliphatic rings. The van der Waals surface area contributed by atoms with Crippen molar-refractivity contribution in [3.8, 4) is 44.5 Å². The number of aromatic amines is 1. The van der Waals surface area contributed by atoms with E-state index in [1.165, 1.54) is 43.3 Å². The van der Waals surface area contributed by atoms with Crippen LogP contribution in [0.5, 0.6) is 0 Å². The number of aryl methyl sites for hydroxylation is 2. The van der Waals surface area contributed by atoms with Gasteiger partial charge in [-0.05, 0) is 86.0 Å². The number of H-pyrrole nitrogens is 1. The Kier molecular flexibility index (Phi) is 25.8. The first-order valence-corrected chi connectivity index (χ1v) is 27.9. The van der Waals surface area contributed by atoms with Gasteiger partial charge in [-0.2, -0.15) is 10.2 Å². The number of carbonyl (C=O) groups excluding carboxylic acids is 2. The summed E-state index contributed by atoms with van der Waals surface area (Å²) in [6.45, 7) is 6.50. The van der Waals surface area contributed by atoms with Gasteiger partial charge < -0.3 is 14.9 Å². The SMILES string of the molecule is C.C.CC(Br)C(=O)c1ccccc1.CC1(O)OC(=O)C(c2c(F)cccc2F)=C1c1ccccc1.Cc1n[nH]c(=O)c(-c2c(F)cccc2F)c1-c1ccccc1.Cc1nnc(Cl)c(-c2c(F)cccc2F)c1-c1ccccc1.O=C(O)Cc1c(F)cccc1F. The number of ketones is 1. The van der Waals surface area contributed by atoms with E-state index in [-0.39, 0.29) is 64.0 Å². The summed E-state index contributed by atoms with van der Waals surface area (Å²) in [5.74, 6) is -10.4. The van der Waals surface area contributed by atoms with Gasteiger partial charge in [0.15, 0.2) is 10.9 Å². The van der Waals surface area contributed by atoms with E-state index in [0.717, 1.165) is 47.5 Å². The second-order valence-electron chi connectivity index (χ2n) is 19.3. The summed E-state index contributed by atoms with van der Waals surface area (Å²) in [7, 11) is 0. The Balaban J connectivity index is 0.000000211. The Morgan fingerprint density at radius 2 is 0.901 bits per heavy atom. The second kappa shape index (κ2) is 32.6. The predicted molar refractivity (Wildman–Crippen MR) is 340 cm³/mol. The number of alkyl halides is 1. The monoisotopic (exact) mass is 1330 g/mol. The summed E-state index contributed by atoms with van der Waals surface area (Å²) >= 11 is 9.35. The van der Waals surface area contributed by atoms with Crippen LogP contribution in [0, 0.1) is 60.4 Å². The molecule has 0 saturated carbocycles. The fraction of sp³-hybridized carbons (Fsp3) is 0.129. The highest BCUT2D eigenvalue weighted by molar-refractivity contribution is 9.10. The van der Waals surface area contributed by atoms with Crippen molar-refractivity contribution in [1.29, 1.82) is 0 Å². The summed E-state index contributed by atoms with van der Waals surface area (Å²) in [5.41, 5.74) is 2.56. The first-order chi connectivity index (χ1) is 42.4. The smallest absolute Gasteiger partial charge is 0.342 e. The summed E-state index contributed by atoms with van der Waals surface area (Å²) < 4.78 is 115. The number of carboxylic acids is 1. The molecule has 11 nitrogen and oxygen atoms in total. The molecule has 0 bridgehead atoms.